The van der Waals surface area contributed by atoms with Gasteiger partial charge in [0.05, 0.1) is 16.5 Å². The molecular weight excluding hydrogens is 368 g/mol. The molecule has 0 saturated carbocycles. The number of hydrogen-bond acceptors (Lipinski definition) is 4. The lowest BCUT2D eigenvalue weighted by atomic mass is 9.93. The van der Waals surface area contributed by atoms with Crippen LogP contribution < -0.4 is 5.56 Å². The van der Waals surface area contributed by atoms with Crippen molar-refractivity contribution in [2.45, 2.75) is 49.9 Å². The molecule has 1 saturated heterocycles. The molecular formula is C23H26N2O2S. The van der Waals surface area contributed by atoms with Crippen LogP contribution in [0.3, 0.4) is 0 Å². The molecule has 28 heavy (non-hydrogen) atoms. The van der Waals surface area contributed by atoms with Crippen LogP contribution in [0.25, 0.3) is 10.9 Å². The van der Waals surface area contributed by atoms with Crippen LogP contribution >= 0.6 is 11.8 Å². The number of fused-ring (bicyclic) bond motifs is 1. The summed E-state index contributed by atoms with van der Waals surface area (Å²) in [6.07, 6.45) is 2.61. The van der Waals surface area contributed by atoms with E-state index in [4.69, 9.17) is 9.72 Å². The lowest BCUT2D eigenvalue weighted by molar-refractivity contribution is -0.0708. The average Bonchev–Trinajstić information content (AvgIpc) is 2.68. The van der Waals surface area contributed by atoms with Gasteiger partial charge in [-0.25, -0.2) is 4.98 Å². The lowest BCUT2D eigenvalue weighted by Crippen LogP contribution is -2.39. The maximum Gasteiger partial charge on any atom is 0.262 e. The van der Waals surface area contributed by atoms with E-state index in [2.05, 4.69) is 38.1 Å². The zero-order valence-corrected chi connectivity index (χ0v) is 17.2. The maximum atomic E-state index is 13.4. The van der Waals surface area contributed by atoms with Crippen LogP contribution in [0.5, 0.6) is 0 Å². The third kappa shape index (κ3) is 4.15. The molecule has 1 aromatic heterocycles. The van der Waals surface area contributed by atoms with E-state index in [1.165, 1.54) is 5.56 Å². The fraction of sp³-hybridized carbons (Fsp3) is 0.391. The highest BCUT2D eigenvalue weighted by molar-refractivity contribution is 7.99. The molecule has 0 bridgehead atoms. The van der Waals surface area contributed by atoms with Gasteiger partial charge in [0.15, 0.2) is 5.16 Å². The number of para-hydroxylation sites is 1. The average molecular weight is 395 g/mol. The van der Waals surface area contributed by atoms with Gasteiger partial charge in [-0.2, -0.15) is 0 Å². The topological polar surface area (TPSA) is 44.1 Å². The molecule has 1 atom stereocenters. The van der Waals surface area contributed by atoms with Crippen molar-refractivity contribution in [3.8, 4) is 0 Å². The van der Waals surface area contributed by atoms with Gasteiger partial charge in [0.25, 0.3) is 5.56 Å². The number of aryl methyl sites for hydroxylation is 1. The Morgan fingerprint density at radius 1 is 1.14 bits per heavy atom. The molecule has 3 aromatic rings. The van der Waals surface area contributed by atoms with Crippen molar-refractivity contribution in [2.24, 2.45) is 0 Å². The summed E-state index contributed by atoms with van der Waals surface area (Å²) in [6.45, 7) is 4.87. The molecule has 4 nitrogen and oxygen atoms in total. The van der Waals surface area contributed by atoms with E-state index in [1.807, 2.05) is 34.9 Å². The minimum atomic E-state index is -0.222. The van der Waals surface area contributed by atoms with Crippen molar-refractivity contribution in [1.29, 1.82) is 0 Å². The minimum Gasteiger partial charge on any atom is -0.375 e. The molecule has 0 radical (unpaired) electrons. The highest BCUT2D eigenvalue weighted by atomic mass is 32.2. The second kappa shape index (κ2) is 8.10. The van der Waals surface area contributed by atoms with Gasteiger partial charge in [-0.15, -0.1) is 0 Å². The Morgan fingerprint density at radius 3 is 2.68 bits per heavy atom. The summed E-state index contributed by atoms with van der Waals surface area (Å²) in [5.41, 5.74) is 1.92. The predicted molar refractivity (Wildman–Crippen MR) is 115 cm³/mol. The standard InChI is InChI=1S/C23H26N2O2S/c1-23(2)16-18(12-14-27-23)25-21(26)19-10-6-7-11-20(19)24-22(25)28-15-13-17-8-4-3-5-9-17/h3-11,18H,12-16H2,1-2H3. The van der Waals surface area contributed by atoms with Crippen LogP contribution in [0.4, 0.5) is 0 Å². The molecule has 1 unspecified atom stereocenters. The summed E-state index contributed by atoms with van der Waals surface area (Å²) in [4.78, 5) is 18.2. The third-order valence-electron chi connectivity index (χ3n) is 5.28. The SMILES string of the molecule is CC1(C)CC(n2c(SCCc3ccccc3)nc3ccccc3c2=O)CCO1. The van der Waals surface area contributed by atoms with Crippen LogP contribution in [-0.4, -0.2) is 27.5 Å². The minimum absolute atomic E-state index is 0.0653. The molecule has 4 rings (SSSR count). The molecule has 2 aromatic carbocycles. The maximum absolute atomic E-state index is 13.4. The van der Waals surface area contributed by atoms with E-state index in [-0.39, 0.29) is 17.2 Å². The van der Waals surface area contributed by atoms with Crippen LogP contribution in [0.15, 0.2) is 64.5 Å². The van der Waals surface area contributed by atoms with Gasteiger partial charge in [0, 0.05) is 18.4 Å². The summed E-state index contributed by atoms with van der Waals surface area (Å²) in [7, 11) is 0. The van der Waals surface area contributed by atoms with Gasteiger partial charge in [-0.1, -0.05) is 54.2 Å². The van der Waals surface area contributed by atoms with Gasteiger partial charge in [-0.3, -0.25) is 9.36 Å². The zero-order chi connectivity index (χ0) is 19.6. The lowest BCUT2D eigenvalue weighted by Gasteiger charge is -2.36. The highest BCUT2D eigenvalue weighted by Gasteiger charge is 2.32. The van der Waals surface area contributed by atoms with Crippen molar-refractivity contribution in [2.75, 3.05) is 12.4 Å². The molecule has 1 fully saturated rings. The van der Waals surface area contributed by atoms with Crippen LogP contribution in [0, 0.1) is 0 Å². The molecule has 2 heterocycles. The Labute approximate surface area is 169 Å². The molecule has 0 N–H and O–H groups in total. The normalized spacial score (nSPS) is 19.0. The van der Waals surface area contributed by atoms with E-state index >= 15 is 0 Å². The van der Waals surface area contributed by atoms with Crippen molar-refractivity contribution >= 4 is 22.7 Å². The molecule has 0 amide bonds. The van der Waals surface area contributed by atoms with Crippen molar-refractivity contribution < 1.29 is 4.74 Å². The fourth-order valence-electron chi connectivity index (χ4n) is 3.87. The van der Waals surface area contributed by atoms with E-state index < -0.39 is 0 Å². The van der Waals surface area contributed by atoms with Gasteiger partial charge in [-0.05, 0) is 50.8 Å². The van der Waals surface area contributed by atoms with Crippen LogP contribution in [0.1, 0.15) is 38.3 Å². The Kier molecular flexibility index (Phi) is 5.56. The number of rotatable bonds is 5. The second-order valence-corrected chi connectivity index (χ2v) is 8.99. The first-order valence-electron chi connectivity index (χ1n) is 9.85. The quantitative estimate of drug-likeness (QED) is 0.458. The Bertz CT molecular complexity index is 1010. The summed E-state index contributed by atoms with van der Waals surface area (Å²) in [6, 6.07) is 18.2. The number of ether oxygens (including phenoxy) is 1. The van der Waals surface area contributed by atoms with Crippen molar-refractivity contribution in [3.63, 3.8) is 0 Å². The number of aromatic nitrogens is 2. The van der Waals surface area contributed by atoms with Gasteiger partial charge in [0.1, 0.15) is 0 Å². The van der Waals surface area contributed by atoms with Gasteiger partial charge >= 0.3 is 0 Å². The number of nitrogens with zero attached hydrogens (tertiary/aromatic N) is 2. The summed E-state index contributed by atoms with van der Waals surface area (Å²) >= 11 is 1.68. The number of hydrogen-bond donors (Lipinski definition) is 0. The van der Waals surface area contributed by atoms with Gasteiger partial charge in [0.2, 0.25) is 0 Å². The third-order valence-corrected chi connectivity index (χ3v) is 6.23. The van der Waals surface area contributed by atoms with Crippen LogP contribution in [-0.2, 0) is 11.2 Å². The molecule has 1 aliphatic heterocycles. The molecule has 0 aliphatic carbocycles. The molecule has 5 heteroatoms. The summed E-state index contributed by atoms with van der Waals surface area (Å²) in [5.74, 6) is 0.890. The zero-order valence-electron chi connectivity index (χ0n) is 16.4. The first-order chi connectivity index (χ1) is 13.5. The smallest absolute Gasteiger partial charge is 0.262 e. The second-order valence-electron chi connectivity index (χ2n) is 7.93. The Hall–Kier alpha value is -2.11. The molecule has 146 valence electrons. The Morgan fingerprint density at radius 2 is 1.89 bits per heavy atom. The predicted octanol–water partition coefficient (Wildman–Crippen LogP) is 4.86. The first-order valence-corrected chi connectivity index (χ1v) is 10.8. The van der Waals surface area contributed by atoms with E-state index in [0.29, 0.717) is 12.0 Å². The van der Waals surface area contributed by atoms with Crippen molar-refractivity contribution in [3.05, 3.63) is 70.5 Å². The van der Waals surface area contributed by atoms with E-state index in [0.717, 1.165) is 35.7 Å². The molecule has 1 aliphatic rings. The number of benzene rings is 2. The van der Waals surface area contributed by atoms with Crippen molar-refractivity contribution in [1.82, 2.24) is 9.55 Å². The number of thioether (sulfide) groups is 1. The Balaban J connectivity index is 1.68. The fourth-order valence-corrected chi connectivity index (χ4v) is 4.93. The van der Waals surface area contributed by atoms with E-state index in [1.54, 1.807) is 11.8 Å². The van der Waals surface area contributed by atoms with Crippen LogP contribution in [0.2, 0.25) is 0 Å². The highest BCUT2D eigenvalue weighted by Crippen LogP contribution is 2.34. The summed E-state index contributed by atoms with van der Waals surface area (Å²) in [5, 5.41) is 1.52. The monoisotopic (exact) mass is 394 g/mol. The molecule has 0 spiro atoms. The van der Waals surface area contributed by atoms with E-state index in [9.17, 15) is 4.79 Å². The first kappa shape index (κ1) is 19.2. The largest absolute Gasteiger partial charge is 0.375 e. The summed E-state index contributed by atoms with van der Waals surface area (Å²) < 4.78 is 7.81. The van der Waals surface area contributed by atoms with Gasteiger partial charge < -0.3 is 4.74 Å².